The molecule has 130 valence electrons. The molecule has 0 aliphatic heterocycles. The van der Waals surface area contributed by atoms with Crippen molar-refractivity contribution in [2.24, 2.45) is 11.8 Å². The monoisotopic (exact) mass is 322 g/mol. The summed E-state index contributed by atoms with van der Waals surface area (Å²) in [6.45, 7) is 8.07. The molecule has 1 aromatic rings. The van der Waals surface area contributed by atoms with Crippen molar-refractivity contribution in [3.05, 3.63) is 35.9 Å². The van der Waals surface area contributed by atoms with Gasteiger partial charge < -0.3 is 9.84 Å². The summed E-state index contributed by atoms with van der Waals surface area (Å²) in [6, 6.07) is 9.60. The summed E-state index contributed by atoms with van der Waals surface area (Å²) >= 11 is 0. The fourth-order valence-electron chi connectivity index (χ4n) is 2.03. The third-order valence-corrected chi connectivity index (χ3v) is 3.36. The Hall–Kier alpha value is -1.84. The van der Waals surface area contributed by atoms with Crippen molar-refractivity contribution in [1.82, 2.24) is 0 Å². The number of ether oxygens (including phenoxy) is 1. The molecule has 1 N–H and O–H groups in total. The summed E-state index contributed by atoms with van der Waals surface area (Å²) in [5, 5.41) is 8.82. The molecular formula is C19H30O4. The van der Waals surface area contributed by atoms with Crippen LogP contribution in [0.25, 0.3) is 0 Å². The summed E-state index contributed by atoms with van der Waals surface area (Å²) in [5.41, 5.74) is 1.02. The molecule has 0 bridgehead atoms. The van der Waals surface area contributed by atoms with E-state index in [2.05, 4.69) is 13.8 Å². The average Bonchev–Trinajstić information content (AvgIpc) is 2.50. The third kappa shape index (κ3) is 12.4. The highest BCUT2D eigenvalue weighted by atomic mass is 16.5. The van der Waals surface area contributed by atoms with Gasteiger partial charge in [0.15, 0.2) is 0 Å². The van der Waals surface area contributed by atoms with Crippen molar-refractivity contribution in [2.75, 3.05) is 0 Å². The highest BCUT2D eigenvalue weighted by Crippen LogP contribution is 2.17. The van der Waals surface area contributed by atoms with Crippen LogP contribution in [0.15, 0.2) is 30.3 Å². The fraction of sp³-hybridized carbons (Fsp3) is 0.579. The Morgan fingerprint density at radius 2 is 1.70 bits per heavy atom. The number of aliphatic carboxylic acids is 1. The van der Waals surface area contributed by atoms with Crippen molar-refractivity contribution < 1.29 is 19.4 Å². The molecule has 0 aliphatic carbocycles. The summed E-state index contributed by atoms with van der Waals surface area (Å²) in [5.74, 6) is -0.368. The molecule has 0 aliphatic rings. The number of esters is 1. The molecule has 0 saturated heterocycles. The molecule has 23 heavy (non-hydrogen) atoms. The molecule has 0 heterocycles. The fourth-order valence-corrected chi connectivity index (χ4v) is 2.03. The average molecular weight is 322 g/mol. The van der Waals surface area contributed by atoms with Crippen molar-refractivity contribution >= 4 is 11.9 Å². The van der Waals surface area contributed by atoms with Gasteiger partial charge in [0.2, 0.25) is 0 Å². The van der Waals surface area contributed by atoms with E-state index in [1.807, 2.05) is 37.3 Å². The maximum absolute atomic E-state index is 10.7. The first-order valence-electron chi connectivity index (χ1n) is 8.26. The van der Waals surface area contributed by atoms with E-state index in [1.165, 1.54) is 6.92 Å². The second-order valence-corrected chi connectivity index (χ2v) is 6.06. The summed E-state index contributed by atoms with van der Waals surface area (Å²) in [6.07, 6.45) is 3.65. The Morgan fingerprint density at radius 1 is 1.09 bits per heavy atom. The molecule has 1 atom stereocenters. The molecule has 1 aromatic carbocycles. The molecular weight excluding hydrogens is 292 g/mol. The number of benzene rings is 1. The normalized spacial score (nSPS) is 11.3. The van der Waals surface area contributed by atoms with Crippen LogP contribution in [-0.2, 0) is 20.9 Å². The molecule has 1 unspecified atom stereocenters. The first kappa shape index (κ1) is 21.2. The lowest BCUT2D eigenvalue weighted by atomic mass is 9.94. The predicted molar refractivity (Wildman–Crippen MR) is 92.0 cm³/mol. The quantitative estimate of drug-likeness (QED) is 0.706. The Bertz CT molecular complexity index is 440. The van der Waals surface area contributed by atoms with Crippen LogP contribution < -0.4 is 0 Å². The van der Waals surface area contributed by atoms with Gasteiger partial charge in [0.25, 0.3) is 0 Å². The van der Waals surface area contributed by atoms with Gasteiger partial charge >= 0.3 is 11.9 Å². The Morgan fingerprint density at radius 3 is 2.13 bits per heavy atom. The Kier molecular flexibility index (Phi) is 11.7. The van der Waals surface area contributed by atoms with Crippen LogP contribution >= 0.6 is 0 Å². The van der Waals surface area contributed by atoms with E-state index >= 15 is 0 Å². The van der Waals surface area contributed by atoms with Crippen LogP contribution in [0.2, 0.25) is 0 Å². The van der Waals surface area contributed by atoms with Crippen LogP contribution in [0.4, 0.5) is 0 Å². The molecule has 4 nitrogen and oxygen atoms in total. The molecule has 0 spiro atoms. The van der Waals surface area contributed by atoms with Crippen LogP contribution in [0, 0.1) is 11.8 Å². The number of hydrogen-bond donors (Lipinski definition) is 1. The number of carbonyl (C=O) groups is 2. The molecule has 0 saturated carbocycles. The largest absolute Gasteiger partial charge is 0.481 e. The van der Waals surface area contributed by atoms with Gasteiger partial charge in [-0.3, -0.25) is 9.59 Å². The van der Waals surface area contributed by atoms with Gasteiger partial charge in [-0.1, -0.05) is 63.9 Å². The molecule has 0 fully saturated rings. The van der Waals surface area contributed by atoms with E-state index in [4.69, 9.17) is 9.84 Å². The van der Waals surface area contributed by atoms with Crippen molar-refractivity contribution in [2.45, 2.75) is 60.0 Å². The van der Waals surface area contributed by atoms with Gasteiger partial charge in [-0.2, -0.15) is 0 Å². The van der Waals surface area contributed by atoms with Gasteiger partial charge in [0.05, 0.1) is 5.92 Å². The minimum Gasteiger partial charge on any atom is -0.481 e. The maximum atomic E-state index is 10.7. The molecule has 0 radical (unpaired) electrons. The minimum absolute atomic E-state index is 0.114. The second-order valence-electron chi connectivity index (χ2n) is 6.06. The van der Waals surface area contributed by atoms with E-state index in [0.717, 1.165) is 31.2 Å². The second kappa shape index (κ2) is 12.7. The number of rotatable bonds is 8. The van der Waals surface area contributed by atoms with Crippen LogP contribution in [0.5, 0.6) is 0 Å². The van der Waals surface area contributed by atoms with Crippen LogP contribution in [-0.4, -0.2) is 17.0 Å². The van der Waals surface area contributed by atoms with Gasteiger partial charge in [0, 0.05) is 6.92 Å². The standard InChI is InChI=1S/C10H20O2.C9H10O2/c1-4-5-9(10(11)12)7-6-8(2)3;1-8(10)11-7-9-5-3-2-4-6-9/h8-9H,4-7H2,1-3H3,(H,11,12);2-6H,7H2,1H3. The molecule has 0 aromatic heterocycles. The SMILES string of the molecule is CC(=O)OCc1ccccc1.CCCC(CCC(C)C)C(=O)O. The van der Waals surface area contributed by atoms with Gasteiger partial charge in [-0.05, 0) is 24.3 Å². The highest BCUT2D eigenvalue weighted by Gasteiger charge is 2.15. The van der Waals surface area contributed by atoms with Crippen LogP contribution in [0.1, 0.15) is 58.9 Å². The van der Waals surface area contributed by atoms with Crippen molar-refractivity contribution in [3.8, 4) is 0 Å². The minimum atomic E-state index is -0.627. The smallest absolute Gasteiger partial charge is 0.306 e. The summed E-state index contributed by atoms with van der Waals surface area (Å²) < 4.78 is 4.79. The van der Waals surface area contributed by atoms with Crippen molar-refractivity contribution in [3.63, 3.8) is 0 Å². The summed E-state index contributed by atoms with van der Waals surface area (Å²) in [4.78, 5) is 21.1. The van der Waals surface area contributed by atoms with Gasteiger partial charge in [-0.25, -0.2) is 0 Å². The lowest BCUT2D eigenvalue weighted by Gasteiger charge is -2.11. The first-order valence-corrected chi connectivity index (χ1v) is 8.26. The number of carbonyl (C=O) groups excluding carboxylic acids is 1. The zero-order valence-electron chi connectivity index (χ0n) is 14.7. The zero-order chi connectivity index (χ0) is 17.7. The number of carboxylic acids is 1. The van der Waals surface area contributed by atoms with Gasteiger partial charge in [-0.15, -0.1) is 0 Å². The van der Waals surface area contributed by atoms with E-state index in [9.17, 15) is 9.59 Å². The molecule has 4 heteroatoms. The third-order valence-electron chi connectivity index (χ3n) is 3.36. The summed E-state index contributed by atoms with van der Waals surface area (Å²) in [7, 11) is 0. The lowest BCUT2D eigenvalue weighted by Crippen LogP contribution is -2.14. The Balaban J connectivity index is 0.000000422. The van der Waals surface area contributed by atoms with E-state index in [0.29, 0.717) is 12.5 Å². The molecule has 1 rings (SSSR count). The lowest BCUT2D eigenvalue weighted by molar-refractivity contribution is -0.143. The Labute approximate surface area is 139 Å². The topological polar surface area (TPSA) is 63.6 Å². The molecule has 0 amide bonds. The van der Waals surface area contributed by atoms with E-state index in [-0.39, 0.29) is 11.9 Å². The van der Waals surface area contributed by atoms with Crippen molar-refractivity contribution in [1.29, 1.82) is 0 Å². The number of hydrogen-bond acceptors (Lipinski definition) is 3. The van der Waals surface area contributed by atoms with Gasteiger partial charge in [0.1, 0.15) is 6.61 Å². The maximum Gasteiger partial charge on any atom is 0.306 e. The van der Waals surface area contributed by atoms with E-state index < -0.39 is 5.97 Å². The van der Waals surface area contributed by atoms with Crippen LogP contribution in [0.3, 0.4) is 0 Å². The zero-order valence-corrected chi connectivity index (χ0v) is 14.7. The number of carboxylic acid groups (broad SMARTS) is 1. The predicted octanol–water partition coefficient (Wildman–Crippen LogP) is 4.67. The first-order chi connectivity index (χ1) is 10.9. The highest BCUT2D eigenvalue weighted by molar-refractivity contribution is 5.69. The van der Waals surface area contributed by atoms with E-state index in [1.54, 1.807) is 0 Å².